The van der Waals surface area contributed by atoms with Crippen molar-refractivity contribution in [3.8, 4) is 0 Å². The van der Waals surface area contributed by atoms with E-state index in [4.69, 9.17) is 4.74 Å². The predicted octanol–water partition coefficient (Wildman–Crippen LogP) is 3.11. The van der Waals surface area contributed by atoms with Crippen LogP contribution in [0.25, 0.3) is 0 Å². The largest absolute Gasteiger partial charge is 0.377 e. The maximum absolute atomic E-state index is 5.91. The summed E-state index contributed by atoms with van der Waals surface area (Å²) in [6.45, 7) is 0.980. The van der Waals surface area contributed by atoms with Gasteiger partial charge in [0, 0.05) is 12.6 Å². The number of rotatable bonds is 4. The molecule has 2 fully saturated rings. The molecule has 1 N–H and O–H groups in total. The van der Waals surface area contributed by atoms with Crippen molar-refractivity contribution < 1.29 is 4.74 Å². The Bertz CT molecular complexity index is 183. The van der Waals surface area contributed by atoms with Crippen LogP contribution in [0.3, 0.4) is 0 Å². The lowest BCUT2D eigenvalue weighted by atomic mass is 9.83. The molecule has 1 heterocycles. The van der Waals surface area contributed by atoms with E-state index in [0.29, 0.717) is 12.1 Å². The van der Waals surface area contributed by atoms with Gasteiger partial charge in [0.1, 0.15) is 0 Å². The Balaban J connectivity index is 1.78. The van der Waals surface area contributed by atoms with E-state index in [1.54, 1.807) is 0 Å². The summed E-state index contributed by atoms with van der Waals surface area (Å²) in [6.07, 6.45) is 13.0. The van der Waals surface area contributed by atoms with Crippen molar-refractivity contribution in [3.63, 3.8) is 0 Å². The van der Waals surface area contributed by atoms with Crippen molar-refractivity contribution in [2.24, 2.45) is 5.92 Å². The molecular formula is C14H27NO. The van der Waals surface area contributed by atoms with Crippen molar-refractivity contribution >= 4 is 0 Å². The smallest absolute Gasteiger partial charge is 0.0728 e. The van der Waals surface area contributed by atoms with E-state index in [1.807, 2.05) is 0 Å². The molecule has 0 bridgehead atoms. The molecule has 0 amide bonds. The first-order valence-electron chi connectivity index (χ1n) is 7.19. The molecule has 1 aliphatic carbocycles. The highest BCUT2D eigenvalue weighted by atomic mass is 16.5. The fourth-order valence-corrected chi connectivity index (χ4v) is 3.32. The van der Waals surface area contributed by atoms with Gasteiger partial charge in [0.15, 0.2) is 0 Å². The molecule has 94 valence electrons. The van der Waals surface area contributed by atoms with Crippen molar-refractivity contribution in [3.05, 3.63) is 0 Å². The van der Waals surface area contributed by atoms with Crippen molar-refractivity contribution in [1.82, 2.24) is 5.32 Å². The minimum Gasteiger partial charge on any atom is -0.377 e. The molecule has 16 heavy (non-hydrogen) atoms. The topological polar surface area (TPSA) is 21.3 Å². The molecule has 2 heteroatoms. The summed E-state index contributed by atoms with van der Waals surface area (Å²) in [5, 5.41) is 3.49. The van der Waals surface area contributed by atoms with Gasteiger partial charge in [-0.2, -0.15) is 0 Å². The maximum Gasteiger partial charge on any atom is 0.0728 e. The molecule has 2 aliphatic rings. The van der Waals surface area contributed by atoms with E-state index in [2.05, 4.69) is 12.4 Å². The highest BCUT2D eigenvalue weighted by Crippen LogP contribution is 2.29. The fourth-order valence-electron chi connectivity index (χ4n) is 3.32. The number of hydrogen-bond acceptors (Lipinski definition) is 2. The quantitative estimate of drug-likeness (QED) is 0.794. The van der Waals surface area contributed by atoms with Gasteiger partial charge in [-0.3, -0.25) is 0 Å². The molecule has 0 spiro atoms. The summed E-state index contributed by atoms with van der Waals surface area (Å²) < 4.78 is 5.91. The summed E-state index contributed by atoms with van der Waals surface area (Å²) in [5.41, 5.74) is 0. The van der Waals surface area contributed by atoms with Gasteiger partial charge in [0.25, 0.3) is 0 Å². The van der Waals surface area contributed by atoms with Gasteiger partial charge < -0.3 is 10.1 Å². The van der Waals surface area contributed by atoms with Crippen molar-refractivity contribution in [1.29, 1.82) is 0 Å². The van der Waals surface area contributed by atoms with Gasteiger partial charge in [-0.1, -0.05) is 32.1 Å². The number of ether oxygens (including phenoxy) is 1. The first kappa shape index (κ1) is 12.4. The molecule has 0 radical (unpaired) electrons. The van der Waals surface area contributed by atoms with E-state index in [-0.39, 0.29) is 0 Å². The van der Waals surface area contributed by atoms with Crippen molar-refractivity contribution in [2.75, 3.05) is 13.7 Å². The van der Waals surface area contributed by atoms with Gasteiger partial charge in [-0.15, -0.1) is 0 Å². The zero-order chi connectivity index (χ0) is 11.2. The monoisotopic (exact) mass is 225 g/mol. The third-order valence-corrected chi connectivity index (χ3v) is 4.35. The summed E-state index contributed by atoms with van der Waals surface area (Å²) in [5.74, 6) is 0.955. The minimum absolute atomic E-state index is 0.487. The Kier molecular flexibility index (Phi) is 5.11. The zero-order valence-electron chi connectivity index (χ0n) is 10.7. The molecule has 2 rings (SSSR count). The fraction of sp³-hybridized carbons (Fsp3) is 1.00. The Morgan fingerprint density at radius 2 is 1.81 bits per heavy atom. The Morgan fingerprint density at radius 1 is 1.06 bits per heavy atom. The van der Waals surface area contributed by atoms with Crippen LogP contribution >= 0.6 is 0 Å². The molecular weight excluding hydrogens is 198 g/mol. The van der Waals surface area contributed by atoms with Crippen LogP contribution in [0.5, 0.6) is 0 Å². The normalized spacial score (nSPS) is 30.2. The number of hydrogen-bond donors (Lipinski definition) is 1. The molecule has 1 saturated carbocycles. The van der Waals surface area contributed by atoms with Gasteiger partial charge in [-0.05, 0) is 38.6 Å². The van der Waals surface area contributed by atoms with E-state index >= 15 is 0 Å². The van der Waals surface area contributed by atoms with Crippen LogP contribution in [0.15, 0.2) is 0 Å². The van der Waals surface area contributed by atoms with Gasteiger partial charge >= 0.3 is 0 Å². The second kappa shape index (κ2) is 6.61. The second-order valence-electron chi connectivity index (χ2n) is 5.54. The van der Waals surface area contributed by atoms with E-state index in [1.165, 1.54) is 57.8 Å². The third kappa shape index (κ3) is 3.46. The molecule has 2 unspecified atom stereocenters. The lowest BCUT2D eigenvalue weighted by Crippen LogP contribution is -2.42. The maximum atomic E-state index is 5.91. The van der Waals surface area contributed by atoms with Crippen LogP contribution in [0.2, 0.25) is 0 Å². The standard InChI is InChI=1S/C14H27NO/c1-15-13(14-9-5-6-10-16-14)11-12-7-3-2-4-8-12/h12-15H,2-11H2,1H3. The van der Waals surface area contributed by atoms with Crippen LogP contribution in [-0.4, -0.2) is 25.8 Å². The molecule has 2 atom stereocenters. The second-order valence-corrected chi connectivity index (χ2v) is 5.54. The average molecular weight is 225 g/mol. The number of likely N-dealkylation sites (N-methyl/N-ethyl adjacent to an activating group) is 1. The van der Waals surface area contributed by atoms with Crippen LogP contribution in [0.1, 0.15) is 57.8 Å². The van der Waals surface area contributed by atoms with Crippen molar-refractivity contribution in [2.45, 2.75) is 69.9 Å². The highest BCUT2D eigenvalue weighted by Gasteiger charge is 2.26. The summed E-state index contributed by atoms with van der Waals surface area (Å²) in [7, 11) is 2.10. The molecule has 1 aliphatic heterocycles. The van der Waals surface area contributed by atoms with E-state index < -0.39 is 0 Å². The van der Waals surface area contributed by atoms with Gasteiger partial charge in [0.05, 0.1) is 6.10 Å². The van der Waals surface area contributed by atoms with Gasteiger partial charge in [0.2, 0.25) is 0 Å². The molecule has 0 aromatic carbocycles. The Hall–Kier alpha value is -0.0800. The minimum atomic E-state index is 0.487. The third-order valence-electron chi connectivity index (χ3n) is 4.35. The van der Waals surface area contributed by atoms with Crippen LogP contribution in [0, 0.1) is 5.92 Å². The molecule has 0 aromatic heterocycles. The summed E-state index contributed by atoms with van der Waals surface area (Å²) >= 11 is 0. The Morgan fingerprint density at radius 3 is 2.44 bits per heavy atom. The average Bonchev–Trinajstić information content (AvgIpc) is 2.38. The first-order chi connectivity index (χ1) is 7.90. The molecule has 1 saturated heterocycles. The molecule has 0 aromatic rings. The predicted molar refractivity (Wildman–Crippen MR) is 67.6 cm³/mol. The van der Waals surface area contributed by atoms with Crippen LogP contribution < -0.4 is 5.32 Å². The lowest BCUT2D eigenvalue weighted by Gasteiger charge is -2.33. The lowest BCUT2D eigenvalue weighted by molar-refractivity contribution is -0.0121. The van der Waals surface area contributed by atoms with E-state index in [9.17, 15) is 0 Å². The van der Waals surface area contributed by atoms with Crippen LogP contribution in [-0.2, 0) is 4.74 Å². The van der Waals surface area contributed by atoms with E-state index in [0.717, 1.165) is 12.5 Å². The first-order valence-corrected chi connectivity index (χ1v) is 7.19. The highest BCUT2D eigenvalue weighted by molar-refractivity contribution is 4.82. The zero-order valence-corrected chi connectivity index (χ0v) is 10.7. The molecule has 2 nitrogen and oxygen atoms in total. The summed E-state index contributed by atoms with van der Waals surface area (Å²) in [6, 6.07) is 0.600. The van der Waals surface area contributed by atoms with Crippen LogP contribution in [0.4, 0.5) is 0 Å². The SMILES string of the molecule is CNC(CC1CCCCC1)C1CCCCO1. The van der Waals surface area contributed by atoms with Gasteiger partial charge in [-0.25, -0.2) is 0 Å². The summed E-state index contributed by atoms with van der Waals surface area (Å²) in [4.78, 5) is 0. The Labute approximate surface area is 100 Å². The number of nitrogens with one attached hydrogen (secondary N) is 1.